The van der Waals surface area contributed by atoms with E-state index in [1.165, 1.54) is 10.6 Å². The van der Waals surface area contributed by atoms with E-state index in [1.807, 2.05) is 32.0 Å². The van der Waals surface area contributed by atoms with Crippen LogP contribution in [0.5, 0.6) is 5.75 Å². The van der Waals surface area contributed by atoms with Crippen molar-refractivity contribution in [1.29, 1.82) is 0 Å². The molecular weight excluding hydrogens is 647 g/mol. The summed E-state index contributed by atoms with van der Waals surface area (Å²) >= 11 is 0. The topological polar surface area (TPSA) is 168 Å². The first-order valence-electron chi connectivity index (χ1n) is 15.6. The number of rotatable bonds is 11. The number of piperidine rings is 1. The number of fused-ring (bicyclic) bond motifs is 1. The molecule has 47 heavy (non-hydrogen) atoms. The van der Waals surface area contributed by atoms with Crippen molar-refractivity contribution in [3.05, 3.63) is 71.0 Å². The van der Waals surface area contributed by atoms with Crippen LogP contribution in [0.2, 0.25) is 0 Å². The number of carbonyl (C=O) groups is 1. The lowest BCUT2D eigenvalue weighted by atomic mass is 9.81. The van der Waals surface area contributed by atoms with Crippen molar-refractivity contribution in [1.82, 2.24) is 23.6 Å². The van der Waals surface area contributed by atoms with Gasteiger partial charge in [0.2, 0.25) is 10.0 Å². The van der Waals surface area contributed by atoms with Gasteiger partial charge in [0.05, 0.1) is 37.1 Å². The summed E-state index contributed by atoms with van der Waals surface area (Å²) in [6, 6.07) is 12.5. The lowest BCUT2D eigenvalue weighted by Gasteiger charge is -2.42. The Morgan fingerprint density at radius 2 is 1.87 bits per heavy atom. The number of aryl methyl sites for hydroxylation is 1. The molecule has 258 valence electrons. The maximum absolute atomic E-state index is 12.5. The van der Waals surface area contributed by atoms with Crippen LogP contribution in [0.1, 0.15) is 62.1 Å². The third kappa shape index (κ3) is 7.99. The van der Waals surface area contributed by atoms with Gasteiger partial charge in [-0.3, -0.25) is 18.6 Å². The smallest absolute Gasteiger partial charge is 0.312 e. The Morgan fingerprint density at radius 1 is 1.17 bits per heavy atom. The van der Waals surface area contributed by atoms with E-state index in [-0.39, 0.29) is 31.7 Å². The van der Waals surface area contributed by atoms with Gasteiger partial charge in [0.25, 0.3) is 0 Å². The maximum atomic E-state index is 12.5. The van der Waals surface area contributed by atoms with Crippen molar-refractivity contribution in [2.45, 2.75) is 77.3 Å². The Bertz CT molecular complexity index is 1690. The molecule has 0 radical (unpaired) electrons. The number of hydrogen-bond donors (Lipinski definition) is 3. The zero-order valence-corrected chi connectivity index (χ0v) is 29.1. The standard InChI is InChI=1S/C32H45N5O8S2/c1-22-10-11-25(16-26(22)19-37-17-23(2)45-28-8-6-7-9-29(28)47(37,42)43)30(32(3,4)31(38)39)44-21-27-20-35(34-33-27)18-24-12-14-36(15-13-24)46(5,40)41/h6-11,16,20,23-24,30,42-43H,12-15,17-19,21H2,1-5H3,(H,38,39). The molecule has 1 fully saturated rings. The Balaban J connectivity index is 1.32. The summed E-state index contributed by atoms with van der Waals surface area (Å²) in [5.74, 6) is -0.323. The molecular formula is C32H45N5O8S2. The summed E-state index contributed by atoms with van der Waals surface area (Å²) in [4.78, 5) is 12.8. The predicted molar refractivity (Wildman–Crippen MR) is 177 cm³/mol. The molecule has 0 spiro atoms. The van der Waals surface area contributed by atoms with Crippen molar-refractivity contribution < 1.29 is 36.9 Å². The quantitative estimate of drug-likeness (QED) is 0.249. The fourth-order valence-corrected chi connectivity index (χ4v) is 8.65. The molecule has 2 unspecified atom stereocenters. The van der Waals surface area contributed by atoms with Crippen LogP contribution in [0.3, 0.4) is 0 Å². The lowest BCUT2D eigenvalue weighted by Crippen LogP contribution is -2.38. The number of benzene rings is 2. The number of para-hydroxylation sites is 1. The summed E-state index contributed by atoms with van der Waals surface area (Å²) in [5, 5.41) is 18.7. The van der Waals surface area contributed by atoms with Gasteiger partial charge in [-0.25, -0.2) is 12.7 Å². The highest BCUT2D eigenvalue weighted by Gasteiger charge is 2.40. The number of nitrogens with zero attached hydrogens (tertiary/aromatic N) is 5. The number of aromatic nitrogens is 3. The second kappa shape index (κ2) is 13.8. The van der Waals surface area contributed by atoms with Gasteiger partial charge >= 0.3 is 5.97 Å². The lowest BCUT2D eigenvalue weighted by molar-refractivity contribution is -0.158. The molecule has 0 saturated carbocycles. The molecule has 0 amide bonds. The van der Waals surface area contributed by atoms with E-state index in [2.05, 4.69) is 10.3 Å². The minimum absolute atomic E-state index is 0.0232. The van der Waals surface area contributed by atoms with Crippen LogP contribution in [0.25, 0.3) is 0 Å². The fourth-order valence-electron chi connectivity index (χ4n) is 6.11. The average Bonchev–Trinajstić information content (AvgIpc) is 3.41. The first kappa shape index (κ1) is 35.3. The molecule has 0 bridgehead atoms. The summed E-state index contributed by atoms with van der Waals surface area (Å²) in [7, 11) is -6.57. The molecule has 1 saturated heterocycles. The van der Waals surface area contributed by atoms with Gasteiger partial charge in [-0.05, 0) is 75.3 Å². The zero-order chi connectivity index (χ0) is 34.1. The first-order valence-corrected chi connectivity index (χ1v) is 19.0. The van der Waals surface area contributed by atoms with Crippen LogP contribution in [-0.2, 0) is 39.3 Å². The normalized spacial score (nSPS) is 21.0. The highest BCUT2D eigenvalue weighted by molar-refractivity contribution is 8.22. The van der Waals surface area contributed by atoms with E-state index >= 15 is 0 Å². The molecule has 2 aromatic carbocycles. The van der Waals surface area contributed by atoms with Crippen LogP contribution >= 0.6 is 10.8 Å². The zero-order valence-electron chi connectivity index (χ0n) is 27.4. The summed E-state index contributed by atoms with van der Waals surface area (Å²) in [6.45, 7) is 9.08. The third-order valence-electron chi connectivity index (χ3n) is 8.99. The Morgan fingerprint density at radius 3 is 2.55 bits per heavy atom. The van der Waals surface area contributed by atoms with Crippen LogP contribution < -0.4 is 4.74 Å². The van der Waals surface area contributed by atoms with Crippen molar-refractivity contribution >= 4 is 26.8 Å². The summed E-state index contributed by atoms with van der Waals surface area (Å²) < 4.78 is 63.7. The Kier molecular flexibility index (Phi) is 10.4. The molecule has 3 heterocycles. The van der Waals surface area contributed by atoms with Gasteiger partial charge in [-0.15, -0.1) is 15.9 Å². The van der Waals surface area contributed by atoms with Gasteiger partial charge in [0.15, 0.2) is 0 Å². The van der Waals surface area contributed by atoms with E-state index < -0.39 is 38.3 Å². The molecule has 2 atom stereocenters. The van der Waals surface area contributed by atoms with Gasteiger partial charge in [0.1, 0.15) is 22.4 Å². The van der Waals surface area contributed by atoms with Crippen molar-refractivity contribution in [2.24, 2.45) is 11.3 Å². The van der Waals surface area contributed by atoms with E-state index in [9.17, 15) is 27.4 Å². The van der Waals surface area contributed by atoms with Crippen LogP contribution in [0, 0.1) is 18.3 Å². The van der Waals surface area contributed by atoms with Gasteiger partial charge in [0, 0.05) is 26.2 Å². The van der Waals surface area contributed by atoms with Crippen molar-refractivity contribution in [2.75, 3.05) is 25.9 Å². The van der Waals surface area contributed by atoms with Gasteiger partial charge < -0.3 is 14.6 Å². The molecule has 3 aromatic rings. The number of ether oxygens (including phenoxy) is 2. The van der Waals surface area contributed by atoms with E-state index in [4.69, 9.17) is 9.47 Å². The van der Waals surface area contributed by atoms with Crippen molar-refractivity contribution in [3.63, 3.8) is 0 Å². The monoisotopic (exact) mass is 691 g/mol. The number of aliphatic carboxylic acids is 1. The number of carboxylic acids is 1. The molecule has 2 aliphatic heterocycles. The molecule has 0 aliphatic carbocycles. The highest BCUT2D eigenvalue weighted by atomic mass is 32.3. The van der Waals surface area contributed by atoms with Gasteiger partial charge in [-0.2, -0.15) is 4.31 Å². The Labute approximate surface area is 278 Å². The second-order valence-electron chi connectivity index (χ2n) is 13.2. The number of hydrogen-bond acceptors (Lipinski definition) is 10. The predicted octanol–water partition coefficient (Wildman–Crippen LogP) is 4.93. The molecule has 13 nitrogen and oxygen atoms in total. The Hall–Kier alpha value is -3.05. The van der Waals surface area contributed by atoms with E-state index in [0.717, 1.165) is 24.0 Å². The maximum Gasteiger partial charge on any atom is 0.312 e. The van der Waals surface area contributed by atoms with E-state index in [0.29, 0.717) is 41.5 Å². The van der Waals surface area contributed by atoms with Gasteiger partial charge in [-0.1, -0.05) is 35.5 Å². The number of sulfonamides is 1. The molecule has 3 N–H and O–H groups in total. The van der Waals surface area contributed by atoms with Crippen molar-refractivity contribution in [3.8, 4) is 5.75 Å². The first-order chi connectivity index (χ1) is 22.1. The van der Waals surface area contributed by atoms with Crippen LogP contribution in [0.4, 0.5) is 0 Å². The van der Waals surface area contributed by atoms with Crippen LogP contribution in [-0.4, -0.2) is 84.2 Å². The number of carboxylic acid groups (broad SMARTS) is 1. The summed E-state index contributed by atoms with van der Waals surface area (Å²) in [6.07, 6.45) is 3.30. The molecule has 2 aliphatic rings. The van der Waals surface area contributed by atoms with Crippen LogP contribution in [0.15, 0.2) is 53.6 Å². The second-order valence-corrected chi connectivity index (χ2v) is 17.1. The SMILES string of the molecule is Cc1ccc(C(OCc2cn(CC3CCN(S(C)(=O)=O)CC3)nn2)C(C)(C)C(=O)O)cc1CN1CC(C)Oc2ccccc2S1(O)O. The minimum atomic E-state index is -3.37. The summed E-state index contributed by atoms with van der Waals surface area (Å²) in [5.41, 5.74) is 1.58. The average molecular weight is 692 g/mol. The van der Waals surface area contributed by atoms with E-state index in [1.54, 1.807) is 53.3 Å². The fraction of sp³-hybridized carbons (Fsp3) is 0.531. The molecule has 5 rings (SSSR count). The highest BCUT2D eigenvalue weighted by Crippen LogP contribution is 2.57. The molecule has 1 aromatic heterocycles. The minimum Gasteiger partial charge on any atom is -0.487 e. The molecule has 15 heteroatoms. The largest absolute Gasteiger partial charge is 0.487 e. The third-order valence-corrected chi connectivity index (χ3v) is 12.2.